The molecule has 138 valence electrons. The van der Waals surface area contributed by atoms with Crippen molar-refractivity contribution in [3.05, 3.63) is 60.2 Å². The zero-order chi connectivity index (χ0) is 17.6. The minimum absolute atomic E-state index is 0.445. The normalized spacial score (nSPS) is 20.6. The van der Waals surface area contributed by atoms with Crippen LogP contribution in [-0.4, -0.2) is 44.3 Å². The van der Waals surface area contributed by atoms with Crippen molar-refractivity contribution in [1.29, 1.82) is 0 Å². The summed E-state index contributed by atoms with van der Waals surface area (Å²) >= 11 is 0. The highest BCUT2D eigenvalue weighted by atomic mass is 16.5. The summed E-state index contributed by atoms with van der Waals surface area (Å²) in [5.41, 5.74) is 1.37. The summed E-state index contributed by atoms with van der Waals surface area (Å²) < 4.78 is 11.7. The monoisotopic (exact) mass is 352 g/mol. The van der Waals surface area contributed by atoms with Gasteiger partial charge in [0.1, 0.15) is 11.5 Å². The highest BCUT2D eigenvalue weighted by Crippen LogP contribution is 2.37. The third-order valence-electron chi connectivity index (χ3n) is 5.44. The molecule has 2 aromatic rings. The summed E-state index contributed by atoms with van der Waals surface area (Å²) in [6.45, 7) is 6.11. The number of piperazine rings is 1. The molecule has 0 unspecified atom stereocenters. The Morgan fingerprint density at radius 1 is 0.923 bits per heavy atom. The Labute approximate surface area is 156 Å². The number of ether oxygens (including phenoxy) is 2. The Hall–Kier alpha value is -1.88. The zero-order valence-corrected chi connectivity index (χ0v) is 15.3. The molecule has 0 spiro atoms. The number of nitrogens with one attached hydrogen (secondary N) is 1. The van der Waals surface area contributed by atoms with E-state index in [1.165, 1.54) is 5.56 Å². The average Bonchev–Trinajstić information content (AvgIpc) is 2.71. The summed E-state index contributed by atoms with van der Waals surface area (Å²) in [5.74, 6) is 2.45. The van der Waals surface area contributed by atoms with Crippen LogP contribution in [0.5, 0.6) is 11.5 Å². The predicted octanol–water partition coefficient (Wildman–Crippen LogP) is 3.85. The molecule has 4 heteroatoms. The van der Waals surface area contributed by atoms with Crippen LogP contribution in [0.3, 0.4) is 0 Å². The Morgan fingerprint density at radius 3 is 2.42 bits per heavy atom. The Kier molecular flexibility index (Phi) is 5.85. The van der Waals surface area contributed by atoms with Gasteiger partial charge in [-0.3, -0.25) is 4.90 Å². The molecule has 0 amide bonds. The second-order valence-electron chi connectivity index (χ2n) is 7.17. The second-order valence-corrected chi connectivity index (χ2v) is 7.17. The second kappa shape index (κ2) is 8.67. The molecular formula is C22H28N2O2. The van der Waals surface area contributed by atoms with E-state index in [0.717, 1.165) is 63.7 Å². The van der Waals surface area contributed by atoms with Gasteiger partial charge in [-0.1, -0.05) is 30.3 Å². The van der Waals surface area contributed by atoms with E-state index in [9.17, 15) is 0 Å². The van der Waals surface area contributed by atoms with Crippen molar-refractivity contribution in [3.63, 3.8) is 0 Å². The number of rotatable bonds is 5. The molecule has 0 saturated carbocycles. The van der Waals surface area contributed by atoms with Crippen molar-refractivity contribution in [2.45, 2.75) is 18.9 Å². The van der Waals surface area contributed by atoms with Crippen molar-refractivity contribution >= 4 is 0 Å². The summed E-state index contributed by atoms with van der Waals surface area (Å²) in [7, 11) is 0. The molecule has 2 aliphatic heterocycles. The van der Waals surface area contributed by atoms with E-state index in [4.69, 9.17) is 9.47 Å². The lowest BCUT2D eigenvalue weighted by Crippen LogP contribution is -2.47. The van der Waals surface area contributed by atoms with Crippen molar-refractivity contribution < 1.29 is 9.47 Å². The average molecular weight is 352 g/mol. The van der Waals surface area contributed by atoms with Crippen LogP contribution in [0.4, 0.5) is 0 Å². The van der Waals surface area contributed by atoms with E-state index in [2.05, 4.69) is 34.5 Å². The lowest BCUT2D eigenvalue weighted by atomic mass is 9.85. The SMILES string of the molecule is c1ccc(Oc2cccc([C@@H](C3CCOCC3)N3CCNCC3)c2)cc1. The van der Waals surface area contributed by atoms with E-state index in [-0.39, 0.29) is 0 Å². The summed E-state index contributed by atoms with van der Waals surface area (Å²) in [6, 6.07) is 19.1. The maximum atomic E-state index is 6.09. The van der Waals surface area contributed by atoms with Gasteiger partial charge >= 0.3 is 0 Å². The largest absolute Gasteiger partial charge is 0.457 e. The molecule has 2 aromatic carbocycles. The first kappa shape index (κ1) is 17.5. The van der Waals surface area contributed by atoms with Crippen LogP contribution in [0.2, 0.25) is 0 Å². The lowest BCUT2D eigenvalue weighted by Gasteiger charge is -2.41. The van der Waals surface area contributed by atoms with Crippen molar-refractivity contribution in [3.8, 4) is 11.5 Å². The van der Waals surface area contributed by atoms with E-state index in [1.54, 1.807) is 0 Å². The van der Waals surface area contributed by atoms with Gasteiger partial charge in [0.05, 0.1) is 0 Å². The molecule has 26 heavy (non-hydrogen) atoms. The third kappa shape index (κ3) is 4.26. The molecule has 4 nitrogen and oxygen atoms in total. The van der Waals surface area contributed by atoms with Crippen LogP contribution in [0.1, 0.15) is 24.4 Å². The molecule has 1 N–H and O–H groups in total. The van der Waals surface area contributed by atoms with Crippen molar-refractivity contribution in [2.75, 3.05) is 39.4 Å². The number of benzene rings is 2. The lowest BCUT2D eigenvalue weighted by molar-refractivity contribution is 0.0213. The van der Waals surface area contributed by atoms with Gasteiger partial charge in [0, 0.05) is 45.4 Å². The molecule has 2 heterocycles. The van der Waals surface area contributed by atoms with Crippen LogP contribution < -0.4 is 10.1 Å². The van der Waals surface area contributed by atoms with E-state index >= 15 is 0 Å². The number of hydrogen-bond acceptors (Lipinski definition) is 4. The Balaban J connectivity index is 1.58. The highest BCUT2D eigenvalue weighted by Gasteiger charge is 2.31. The summed E-state index contributed by atoms with van der Waals surface area (Å²) in [4.78, 5) is 2.65. The molecular weight excluding hydrogens is 324 g/mol. The maximum absolute atomic E-state index is 6.09. The number of nitrogens with zero attached hydrogens (tertiary/aromatic N) is 1. The van der Waals surface area contributed by atoms with Crippen LogP contribution in [0.15, 0.2) is 54.6 Å². The van der Waals surface area contributed by atoms with Crippen LogP contribution >= 0.6 is 0 Å². The molecule has 4 rings (SSSR count). The summed E-state index contributed by atoms with van der Waals surface area (Å²) in [5, 5.41) is 3.48. The number of para-hydroxylation sites is 1. The van der Waals surface area contributed by atoms with Crippen molar-refractivity contribution in [1.82, 2.24) is 10.2 Å². The van der Waals surface area contributed by atoms with Crippen molar-refractivity contribution in [2.24, 2.45) is 5.92 Å². The topological polar surface area (TPSA) is 33.7 Å². The van der Waals surface area contributed by atoms with Gasteiger partial charge in [0.2, 0.25) is 0 Å². The summed E-state index contributed by atoms with van der Waals surface area (Å²) in [6.07, 6.45) is 2.27. The molecule has 0 bridgehead atoms. The van der Waals surface area contributed by atoms with Gasteiger partial charge in [0.15, 0.2) is 0 Å². The fourth-order valence-corrected chi connectivity index (χ4v) is 4.16. The molecule has 0 radical (unpaired) electrons. The smallest absolute Gasteiger partial charge is 0.127 e. The fraction of sp³-hybridized carbons (Fsp3) is 0.455. The molecule has 2 aliphatic rings. The number of hydrogen-bond donors (Lipinski definition) is 1. The zero-order valence-electron chi connectivity index (χ0n) is 15.3. The van der Waals surface area contributed by atoms with Gasteiger partial charge in [-0.2, -0.15) is 0 Å². The molecule has 2 fully saturated rings. The van der Waals surface area contributed by atoms with Gasteiger partial charge < -0.3 is 14.8 Å². The van der Waals surface area contributed by atoms with E-state index < -0.39 is 0 Å². The minimum Gasteiger partial charge on any atom is -0.457 e. The first-order valence-corrected chi connectivity index (χ1v) is 9.75. The Bertz CT molecular complexity index is 662. The predicted molar refractivity (Wildman–Crippen MR) is 104 cm³/mol. The van der Waals surface area contributed by atoms with Gasteiger partial charge in [-0.05, 0) is 48.6 Å². The molecule has 0 aromatic heterocycles. The quantitative estimate of drug-likeness (QED) is 0.886. The van der Waals surface area contributed by atoms with E-state index in [1.807, 2.05) is 30.3 Å². The van der Waals surface area contributed by atoms with Crippen LogP contribution in [0.25, 0.3) is 0 Å². The van der Waals surface area contributed by atoms with Gasteiger partial charge in [0.25, 0.3) is 0 Å². The maximum Gasteiger partial charge on any atom is 0.127 e. The molecule has 2 saturated heterocycles. The highest BCUT2D eigenvalue weighted by molar-refractivity contribution is 5.35. The standard InChI is InChI=1S/C22H28N2O2/c1-2-6-20(7-3-1)26-21-8-4-5-19(17-21)22(18-9-15-25-16-10-18)24-13-11-23-12-14-24/h1-8,17-18,22-23H,9-16H2/t22-/m1/s1. The van der Waals surface area contributed by atoms with Crippen LogP contribution in [0, 0.1) is 5.92 Å². The van der Waals surface area contributed by atoms with E-state index in [0.29, 0.717) is 12.0 Å². The Morgan fingerprint density at radius 2 is 1.65 bits per heavy atom. The molecule has 1 atom stereocenters. The van der Waals surface area contributed by atoms with Gasteiger partial charge in [-0.15, -0.1) is 0 Å². The third-order valence-corrected chi connectivity index (χ3v) is 5.44. The fourth-order valence-electron chi connectivity index (χ4n) is 4.16. The molecule has 0 aliphatic carbocycles. The first-order valence-electron chi connectivity index (χ1n) is 9.75. The van der Waals surface area contributed by atoms with Crippen LogP contribution in [-0.2, 0) is 4.74 Å². The first-order chi connectivity index (χ1) is 12.9. The van der Waals surface area contributed by atoms with Gasteiger partial charge in [-0.25, -0.2) is 0 Å². The minimum atomic E-state index is 0.445.